The average molecular weight is 481 g/mol. The molecule has 2 amide bonds. The van der Waals surface area contributed by atoms with E-state index in [4.69, 9.17) is 9.47 Å². The second-order valence-corrected chi connectivity index (χ2v) is 8.62. The predicted octanol–water partition coefficient (Wildman–Crippen LogP) is 2.78. The van der Waals surface area contributed by atoms with E-state index in [9.17, 15) is 24.3 Å². The number of aliphatic carboxylic acids is 1. The number of ether oxygens (including phenoxy) is 2. The zero-order chi connectivity index (χ0) is 24.9. The van der Waals surface area contributed by atoms with E-state index in [1.54, 1.807) is 6.92 Å². The predicted molar refractivity (Wildman–Crippen MR) is 126 cm³/mol. The molecule has 0 radical (unpaired) electrons. The number of carbonyl (C=O) groups excluding carboxylic acids is 3. The molecule has 2 aromatic carbocycles. The smallest absolute Gasteiger partial charge is 0.408 e. The van der Waals surface area contributed by atoms with Crippen LogP contribution in [0.3, 0.4) is 0 Å². The van der Waals surface area contributed by atoms with Crippen LogP contribution in [0.15, 0.2) is 48.5 Å². The molecule has 1 aliphatic heterocycles. The molecule has 2 aromatic rings. The van der Waals surface area contributed by atoms with Crippen molar-refractivity contribution in [3.05, 3.63) is 59.7 Å². The molecule has 184 valence electrons. The van der Waals surface area contributed by atoms with Crippen molar-refractivity contribution in [2.45, 2.75) is 31.7 Å². The Bertz CT molecular complexity index is 1090. The van der Waals surface area contributed by atoms with Crippen molar-refractivity contribution >= 4 is 23.9 Å². The second kappa shape index (κ2) is 10.6. The minimum atomic E-state index is -1.61. The molecule has 0 bridgehead atoms. The number of esters is 1. The number of nitrogens with zero attached hydrogens (tertiary/aromatic N) is 1. The summed E-state index contributed by atoms with van der Waals surface area (Å²) in [5, 5.41) is 11.6. The summed E-state index contributed by atoms with van der Waals surface area (Å²) in [6.07, 6.45) is 0.0108. The maximum Gasteiger partial charge on any atom is 0.408 e. The van der Waals surface area contributed by atoms with Crippen LogP contribution in [-0.4, -0.2) is 66.3 Å². The number of hydrogen-bond acceptors (Lipinski definition) is 6. The van der Waals surface area contributed by atoms with Gasteiger partial charge in [-0.3, -0.25) is 14.9 Å². The molecule has 2 N–H and O–H groups in total. The van der Waals surface area contributed by atoms with Crippen LogP contribution in [0.5, 0.6) is 0 Å². The van der Waals surface area contributed by atoms with Gasteiger partial charge in [-0.15, -0.1) is 0 Å². The fraction of sp³-hybridized carbons (Fsp3) is 0.385. The summed E-state index contributed by atoms with van der Waals surface area (Å²) in [6.45, 7) is 1.90. The molecule has 2 atom stereocenters. The van der Waals surface area contributed by atoms with Gasteiger partial charge in [0.25, 0.3) is 5.91 Å². The van der Waals surface area contributed by atoms with Crippen LogP contribution in [0.4, 0.5) is 4.79 Å². The number of piperidine rings is 1. The van der Waals surface area contributed by atoms with E-state index >= 15 is 0 Å². The lowest BCUT2D eigenvalue weighted by Crippen LogP contribution is -2.55. The monoisotopic (exact) mass is 480 g/mol. The van der Waals surface area contributed by atoms with Crippen LogP contribution in [-0.2, 0) is 23.9 Å². The van der Waals surface area contributed by atoms with E-state index in [-0.39, 0.29) is 25.7 Å². The van der Waals surface area contributed by atoms with E-state index in [2.05, 4.69) is 5.32 Å². The summed E-state index contributed by atoms with van der Waals surface area (Å²) in [4.78, 5) is 50.9. The van der Waals surface area contributed by atoms with E-state index in [0.717, 1.165) is 22.3 Å². The van der Waals surface area contributed by atoms with E-state index in [1.165, 1.54) is 4.90 Å². The summed E-state index contributed by atoms with van der Waals surface area (Å²) in [5.41, 5.74) is 4.23. The molecule has 0 aromatic heterocycles. The number of carboxylic acid groups (broad SMARTS) is 1. The first-order valence-corrected chi connectivity index (χ1v) is 11.7. The number of hydrogen-bond donors (Lipinski definition) is 2. The normalized spacial score (nSPS) is 17.6. The number of rotatable bonds is 7. The molecule has 1 unspecified atom stereocenters. The number of nitrogens with one attached hydrogen (secondary N) is 1. The van der Waals surface area contributed by atoms with E-state index in [1.807, 2.05) is 48.5 Å². The third kappa shape index (κ3) is 5.13. The zero-order valence-corrected chi connectivity index (χ0v) is 19.4. The SMILES string of the molecule is CCOC(=O)C(NC(=O)OCC1c2ccccc2-c2ccccc21)C(=O)N1CCC[C@H](C(=O)O)C1. The van der Waals surface area contributed by atoms with Gasteiger partial charge in [0, 0.05) is 19.0 Å². The molecular weight excluding hydrogens is 452 g/mol. The quantitative estimate of drug-likeness (QED) is 0.462. The van der Waals surface area contributed by atoms with Gasteiger partial charge >= 0.3 is 18.0 Å². The Morgan fingerprint density at radius 3 is 2.26 bits per heavy atom. The maximum absolute atomic E-state index is 13.1. The fourth-order valence-corrected chi connectivity index (χ4v) is 4.77. The van der Waals surface area contributed by atoms with Crippen molar-refractivity contribution in [2.75, 3.05) is 26.3 Å². The largest absolute Gasteiger partial charge is 0.481 e. The highest BCUT2D eigenvalue weighted by Crippen LogP contribution is 2.44. The molecule has 1 saturated heterocycles. The number of alkyl carbamates (subject to hydrolysis) is 1. The van der Waals surface area contributed by atoms with Crippen molar-refractivity contribution < 1.29 is 33.8 Å². The summed E-state index contributed by atoms with van der Waals surface area (Å²) in [6, 6.07) is 14.2. The molecule has 9 heteroatoms. The summed E-state index contributed by atoms with van der Waals surface area (Å²) in [7, 11) is 0. The molecule has 1 heterocycles. The zero-order valence-electron chi connectivity index (χ0n) is 19.4. The van der Waals surface area contributed by atoms with E-state index < -0.39 is 35.9 Å². The van der Waals surface area contributed by atoms with Gasteiger partial charge in [0.1, 0.15) is 6.61 Å². The van der Waals surface area contributed by atoms with Crippen molar-refractivity contribution in [3.8, 4) is 11.1 Å². The number of amides is 2. The third-order valence-corrected chi connectivity index (χ3v) is 6.46. The molecule has 4 rings (SSSR count). The first-order valence-electron chi connectivity index (χ1n) is 11.7. The lowest BCUT2D eigenvalue weighted by molar-refractivity contribution is -0.153. The molecule has 0 saturated carbocycles. The molecule has 9 nitrogen and oxygen atoms in total. The van der Waals surface area contributed by atoms with Crippen molar-refractivity contribution in [2.24, 2.45) is 5.92 Å². The van der Waals surface area contributed by atoms with Crippen LogP contribution in [0, 0.1) is 5.92 Å². The lowest BCUT2D eigenvalue weighted by atomic mass is 9.97. The van der Waals surface area contributed by atoms with Gasteiger partial charge in [-0.2, -0.15) is 0 Å². The van der Waals surface area contributed by atoms with Gasteiger partial charge in [0.05, 0.1) is 12.5 Å². The Labute approximate surface area is 203 Å². The van der Waals surface area contributed by atoms with Crippen LogP contribution in [0.25, 0.3) is 11.1 Å². The molecule has 1 aliphatic carbocycles. The van der Waals surface area contributed by atoms with Gasteiger partial charge in [-0.05, 0) is 42.0 Å². The van der Waals surface area contributed by atoms with Gasteiger partial charge in [-0.25, -0.2) is 9.59 Å². The Hall–Kier alpha value is -3.88. The Kier molecular flexibility index (Phi) is 7.33. The number of carbonyl (C=O) groups is 4. The lowest BCUT2D eigenvalue weighted by Gasteiger charge is -2.32. The maximum atomic E-state index is 13.1. The third-order valence-electron chi connectivity index (χ3n) is 6.46. The Balaban J connectivity index is 1.45. The summed E-state index contributed by atoms with van der Waals surface area (Å²) in [5.74, 6) is -3.51. The first kappa shape index (κ1) is 24.3. The van der Waals surface area contributed by atoms with Gasteiger partial charge in [-0.1, -0.05) is 48.5 Å². The number of benzene rings is 2. The first-order chi connectivity index (χ1) is 16.9. The number of carboxylic acids is 1. The van der Waals surface area contributed by atoms with Crippen molar-refractivity contribution in [3.63, 3.8) is 0 Å². The number of fused-ring (bicyclic) bond motifs is 3. The minimum absolute atomic E-state index is 0.0206. The molecule has 2 aliphatic rings. The summed E-state index contributed by atoms with van der Waals surface area (Å²) < 4.78 is 10.5. The highest BCUT2D eigenvalue weighted by atomic mass is 16.6. The molecule has 0 spiro atoms. The highest BCUT2D eigenvalue weighted by Gasteiger charge is 2.38. The van der Waals surface area contributed by atoms with Gasteiger partial charge in [0.15, 0.2) is 0 Å². The Morgan fingerprint density at radius 1 is 1.03 bits per heavy atom. The van der Waals surface area contributed by atoms with Crippen molar-refractivity contribution in [1.82, 2.24) is 10.2 Å². The topological polar surface area (TPSA) is 122 Å². The van der Waals surface area contributed by atoms with Crippen LogP contribution >= 0.6 is 0 Å². The average Bonchev–Trinajstić information content (AvgIpc) is 3.19. The van der Waals surface area contributed by atoms with Crippen LogP contribution < -0.4 is 5.32 Å². The van der Waals surface area contributed by atoms with Crippen molar-refractivity contribution in [1.29, 1.82) is 0 Å². The van der Waals surface area contributed by atoms with Gasteiger partial charge < -0.3 is 19.5 Å². The Morgan fingerprint density at radius 2 is 1.66 bits per heavy atom. The number of likely N-dealkylation sites (tertiary alicyclic amines) is 1. The summed E-state index contributed by atoms with van der Waals surface area (Å²) >= 11 is 0. The highest BCUT2D eigenvalue weighted by molar-refractivity contribution is 6.04. The minimum Gasteiger partial charge on any atom is -0.481 e. The van der Waals surface area contributed by atoms with Crippen LogP contribution in [0.2, 0.25) is 0 Å². The van der Waals surface area contributed by atoms with E-state index in [0.29, 0.717) is 19.4 Å². The standard InChI is InChI=1S/C26H28N2O7/c1-2-34-25(32)22(23(29)28-13-7-8-16(14-28)24(30)31)27-26(33)35-15-21-19-11-5-3-9-17(19)18-10-4-6-12-20(18)21/h3-6,9-12,16,21-22H,2,7-8,13-15H2,1H3,(H,27,33)(H,30,31)/t16-,22?/m0/s1. The second-order valence-electron chi connectivity index (χ2n) is 8.62. The molecule has 1 fully saturated rings. The fourth-order valence-electron chi connectivity index (χ4n) is 4.77. The van der Waals surface area contributed by atoms with Crippen LogP contribution in [0.1, 0.15) is 36.8 Å². The molecular formula is C26H28N2O7. The molecule has 35 heavy (non-hydrogen) atoms. The van der Waals surface area contributed by atoms with Gasteiger partial charge in [0.2, 0.25) is 6.04 Å².